The topological polar surface area (TPSA) is 12.9 Å². The summed E-state index contributed by atoms with van der Waals surface area (Å²) in [6.07, 6.45) is 1.58. The average Bonchev–Trinajstić information content (AvgIpc) is 2.45. The van der Waals surface area contributed by atoms with E-state index in [1.165, 1.54) is 12.1 Å². The van der Waals surface area contributed by atoms with E-state index in [-0.39, 0.29) is 0 Å². The number of nitrogens with zero attached hydrogens (tertiary/aromatic N) is 1. The summed E-state index contributed by atoms with van der Waals surface area (Å²) < 4.78 is 37.4. The first kappa shape index (κ1) is 14.6. The third kappa shape index (κ3) is 3.59. The number of halogens is 3. The molecule has 0 amide bonds. The lowest BCUT2D eigenvalue weighted by Gasteiger charge is -2.07. The SMILES string of the molecule is CCC[CH]c1ccc(-c2ccc(C(F)(F)F)cc2)nc1. The molecular weight excluding hydrogens is 263 g/mol. The van der Waals surface area contributed by atoms with E-state index >= 15 is 0 Å². The molecule has 0 N–H and O–H groups in total. The van der Waals surface area contributed by atoms with Crippen molar-refractivity contribution in [3.63, 3.8) is 0 Å². The maximum atomic E-state index is 12.5. The van der Waals surface area contributed by atoms with Crippen LogP contribution in [-0.4, -0.2) is 4.98 Å². The van der Waals surface area contributed by atoms with Gasteiger partial charge >= 0.3 is 6.18 Å². The number of aromatic nitrogens is 1. The Morgan fingerprint density at radius 3 is 2.25 bits per heavy atom. The van der Waals surface area contributed by atoms with Crippen LogP contribution in [0.2, 0.25) is 0 Å². The van der Waals surface area contributed by atoms with Gasteiger partial charge in [-0.05, 0) is 36.6 Å². The van der Waals surface area contributed by atoms with Crippen molar-refractivity contribution in [2.24, 2.45) is 0 Å². The van der Waals surface area contributed by atoms with Crippen LogP contribution in [0.1, 0.15) is 30.9 Å². The summed E-state index contributed by atoms with van der Waals surface area (Å²) >= 11 is 0. The summed E-state index contributed by atoms with van der Waals surface area (Å²) in [5, 5.41) is 0. The molecule has 20 heavy (non-hydrogen) atoms. The minimum absolute atomic E-state index is 0.644. The number of rotatable bonds is 4. The molecule has 0 saturated carbocycles. The normalized spacial score (nSPS) is 11.6. The van der Waals surface area contributed by atoms with Crippen LogP contribution in [0.4, 0.5) is 13.2 Å². The number of pyridine rings is 1. The van der Waals surface area contributed by atoms with Crippen LogP contribution in [-0.2, 0) is 6.18 Å². The Bertz CT molecular complexity index is 541. The Hall–Kier alpha value is -1.84. The lowest BCUT2D eigenvalue weighted by Crippen LogP contribution is -2.04. The summed E-state index contributed by atoms with van der Waals surface area (Å²) in [5.74, 6) is 0. The smallest absolute Gasteiger partial charge is 0.256 e. The third-order valence-corrected chi connectivity index (χ3v) is 2.96. The molecule has 0 fully saturated rings. The Morgan fingerprint density at radius 1 is 1.05 bits per heavy atom. The van der Waals surface area contributed by atoms with Crippen LogP contribution in [0.15, 0.2) is 42.6 Å². The molecule has 0 aliphatic carbocycles. The zero-order valence-corrected chi connectivity index (χ0v) is 11.1. The summed E-state index contributed by atoms with van der Waals surface area (Å²) in [5.41, 5.74) is 1.74. The molecule has 4 heteroatoms. The van der Waals surface area contributed by atoms with Gasteiger partial charge in [0, 0.05) is 11.8 Å². The molecule has 0 atom stereocenters. The van der Waals surface area contributed by atoms with Crippen LogP contribution < -0.4 is 0 Å². The van der Waals surface area contributed by atoms with Gasteiger partial charge in [-0.25, -0.2) is 0 Å². The van der Waals surface area contributed by atoms with Gasteiger partial charge in [0.2, 0.25) is 0 Å². The van der Waals surface area contributed by atoms with Crippen molar-refractivity contribution in [3.05, 3.63) is 60.1 Å². The van der Waals surface area contributed by atoms with Gasteiger partial charge in [0.15, 0.2) is 0 Å². The van der Waals surface area contributed by atoms with Crippen molar-refractivity contribution in [1.29, 1.82) is 0 Å². The fraction of sp³-hybridized carbons (Fsp3) is 0.250. The highest BCUT2D eigenvalue weighted by Gasteiger charge is 2.29. The predicted molar refractivity (Wildman–Crippen MR) is 73.0 cm³/mol. The van der Waals surface area contributed by atoms with Gasteiger partial charge in [-0.15, -0.1) is 0 Å². The van der Waals surface area contributed by atoms with Gasteiger partial charge in [-0.1, -0.05) is 31.5 Å². The Morgan fingerprint density at radius 2 is 1.75 bits per heavy atom. The lowest BCUT2D eigenvalue weighted by molar-refractivity contribution is -0.137. The van der Waals surface area contributed by atoms with Gasteiger partial charge in [-0.3, -0.25) is 4.98 Å². The first-order chi connectivity index (χ1) is 9.50. The van der Waals surface area contributed by atoms with Crippen LogP contribution in [0, 0.1) is 6.42 Å². The minimum Gasteiger partial charge on any atom is -0.256 e. The van der Waals surface area contributed by atoms with E-state index in [4.69, 9.17) is 0 Å². The molecule has 1 aromatic carbocycles. The van der Waals surface area contributed by atoms with E-state index in [1.54, 1.807) is 6.20 Å². The Kier molecular flexibility index (Phi) is 4.42. The summed E-state index contributed by atoms with van der Waals surface area (Å²) in [4.78, 5) is 4.28. The number of unbranched alkanes of at least 4 members (excludes halogenated alkanes) is 1. The number of alkyl halides is 3. The fourth-order valence-corrected chi connectivity index (χ4v) is 1.84. The maximum Gasteiger partial charge on any atom is 0.416 e. The standard InChI is InChI=1S/C16H15F3N/c1-2-3-4-12-5-10-15(20-11-12)13-6-8-14(9-7-13)16(17,18)19/h4-11H,2-3H2,1H3. The highest BCUT2D eigenvalue weighted by Crippen LogP contribution is 2.30. The van der Waals surface area contributed by atoms with Crippen LogP contribution >= 0.6 is 0 Å². The first-order valence-corrected chi connectivity index (χ1v) is 6.47. The van der Waals surface area contributed by atoms with E-state index in [1.807, 2.05) is 12.1 Å². The monoisotopic (exact) mass is 278 g/mol. The van der Waals surface area contributed by atoms with E-state index in [9.17, 15) is 13.2 Å². The molecule has 0 unspecified atom stereocenters. The van der Waals surface area contributed by atoms with Crippen LogP contribution in [0.25, 0.3) is 11.3 Å². The number of hydrogen-bond acceptors (Lipinski definition) is 1. The zero-order valence-electron chi connectivity index (χ0n) is 11.1. The molecule has 1 nitrogen and oxygen atoms in total. The van der Waals surface area contributed by atoms with Crippen molar-refractivity contribution < 1.29 is 13.2 Å². The summed E-state index contributed by atoms with van der Waals surface area (Å²) in [6.45, 7) is 2.10. The van der Waals surface area contributed by atoms with Crippen molar-refractivity contribution in [3.8, 4) is 11.3 Å². The Labute approximate surface area is 116 Å². The van der Waals surface area contributed by atoms with Gasteiger partial charge < -0.3 is 0 Å². The molecule has 0 aliphatic heterocycles. The van der Waals surface area contributed by atoms with Crippen molar-refractivity contribution in [2.75, 3.05) is 0 Å². The van der Waals surface area contributed by atoms with Crippen LogP contribution in [0.3, 0.4) is 0 Å². The predicted octanol–water partition coefficient (Wildman–Crippen LogP) is 5.12. The van der Waals surface area contributed by atoms with E-state index in [0.717, 1.165) is 30.5 Å². The van der Waals surface area contributed by atoms with Crippen molar-refractivity contribution in [2.45, 2.75) is 25.9 Å². The third-order valence-electron chi connectivity index (χ3n) is 2.96. The van der Waals surface area contributed by atoms with Crippen molar-refractivity contribution in [1.82, 2.24) is 4.98 Å². The molecule has 0 spiro atoms. The lowest BCUT2D eigenvalue weighted by atomic mass is 10.1. The number of hydrogen-bond donors (Lipinski definition) is 0. The molecule has 0 saturated heterocycles. The largest absolute Gasteiger partial charge is 0.416 e. The molecule has 0 bridgehead atoms. The quantitative estimate of drug-likeness (QED) is 0.756. The molecule has 1 aromatic heterocycles. The Balaban J connectivity index is 2.15. The second-order valence-corrected chi connectivity index (χ2v) is 4.54. The van der Waals surface area contributed by atoms with E-state index < -0.39 is 11.7 Å². The molecule has 2 aromatic rings. The molecule has 105 valence electrons. The van der Waals surface area contributed by atoms with Gasteiger partial charge in [0.25, 0.3) is 0 Å². The highest BCUT2D eigenvalue weighted by molar-refractivity contribution is 5.59. The molecule has 0 aliphatic rings. The second kappa shape index (κ2) is 6.07. The average molecular weight is 278 g/mol. The van der Waals surface area contributed by atoms with Gasteiger partial charge in [-0.2, -0.15) is 13.2 Å². The second-order valence-electron chi connectivity index (χ2n) is 4.54. The van der Waals surface area contributed by atoms with Gasteiger partial charge in [0.1, 0.15) is 0 Å². The summed E-state index contributed by atoms with van der Waals surface area (Å²) in [6, 6.07) is 8.79. The first-order valence-electron chi connectivity index (χ1n) is 6.47. The maximum absolute atomic E-state index is 12.5. The molecule has 1 heterocycles. The van der Waals surface area contributed by atoms with E-state index in [2.05, 4.69) is 18.3 Å². The van der Waals surface area contributed by atoms with Crippen molar-refractivity contribution >= 4 is 0 Å². The molecule has 2 rings (SSSR count). The highest BCUT2D eigenvalue weighted by atomic mass is 19.4. The summed E-state index contributed by atoms with van der Waals surface area (Å²) in [7, 11) is 0. The van der Waals surface area contributed by atoms with Gasteiger partial charge in [0.05, 0.1) is 11.3 Å². The van der Waals surface area contributed by atoms with Crippen LogP contribution in [0.5, 0.6) is 0 Å². The fourth-order valence-electron chi connectivity index (χ4n) is 1.84. The number of benzene rings is 1. The molecular formula is C16H15F3N. The zero-order chi connectivity index (χ0) is 14.6. The minimum atomic E-state index is -4.30. The molecule has 1 radical (unpaired) electrons. The van der Waals surface area contributed by atoms with E-state index in [0.29, 0.717) is 11.3 Å².